The van der Waals surface area contributed by atoms with Crippen LogP contribution in [0.5, 0.6) is 5.75 Å². The zero-order valence-corrected chi connectivity index (χ0v) is 16.0. The first kappa shape index (κ1) is 17.4. The normalized spacial score (nSPS) is 11.4. The number of nitrogens with one attached hydrogen (secondary N) is 1. The molecule has 0 unspecified atom stereocenters. The number of nitrogens with two attached hydrogens (primary N) is 1. The van der Waals surface area contributed by atoms with Crippen LogP contribution in [0, 0.1) is 6.92 Å². The largest absolute Gasteiger partial charge is 0.489 e. The summed E-state index contributed by atoms with van der Waals surface area (Å²) in [5.74, 6) is 0.987. The second-order valence-corrected chi connectivity index (χ2v) is 7.60. The molecule has 2 heterocycles. The molecule has 138 valence electrons. The Kier molecular flexibility index (Phi) is 4.24. The summed E-state index contributed by atoms with van der Waals surface area (Å²) in [6.45, 7) is 5.81. The zero-order chi connectivity index (χ0) is 19.1. The third kappa shape index (κ3) is 3.33. The van der Waals surface area contributed by atoms with Gasteiger partial charge in [0.05, 0.1) is 16.5 Å². The van der Waals surface area contributed by atoms with Crippen molar-refractivity contribution >= 4 is 49.2 Å². The van der Waals surface area contributed by atoms with Crippen LogP contribution >= 0.6 is 11.3 Å². The van der Waals surface area contributed by atoms with Gasteiger partial charge in [0.15, 0.2) is 10.7 Å². The van der Waals surface area contributed by atoms with E-state index >= 15 is 0 Å². The molecule has 0 fully saturated rings. The monoisotopic (exact) mass is 381 g/mol. The van der Waals surface area contributed by atoms with Crippen LogP contribution in [0.25, 0.3) is 21.2 Å². The number of rotatable bonds is 5. The van der Waals surface area contributed by atoms with Gasteiger partial charge in [-0.2, -0.15) is 0 Å². The summed E-state index contributed by atoms with van der Waals surface area (Å²) in [5, 5.41) is 4.97. The first-order chi connectivity index (χ1) is 12.9. The van der Waals surface area contributed by atoms with Crippen molar-refractivity contribution in [3.63, 3.8) is 0 Å². The van der Waals surface area contributed by atoms with Crippen LogP contribution < -0.4 is 15.8 Å². The summed E-state index contributed by atoms with van der Waals surface area (Å²) in [4.78, 5) is 16.2. The van der Waals surface area contributed by atoms with Crippen molar-refractivity contribution < 1.29 is 13.9 Å². The quantitative estimate of drug-likeness (QED) is 0.509. The molecule has 6 nitrogen and oxygen atoms in total. The molecule has 4 rings (SSSR count). The van der Waals surface area contributed by atoms with E-state index in [9.17, 15) is 4.79 Å². The van der Waals surface area contributed by atoms with E-state index < -0.39 is 5.91 Å². The molecule has 27 heavy (non-hydrogen) atoms. The van der Waals surface area contributed by atoms with Crippen LogP contribution in [0.3, 0.4) is 0 Å². The third-order valence-corrected chi connectivity index (χ3v) is 4.97. The van der Waals surface area contributed by atoms with Gasteiger partial charge in [-0.15, -0.1) is 0 Å². The average Bonchev–Trinajstić information content (AvgIpc) is 3.17. The minimum atomic E-state index is -0.494. The molecule has 2 aromatic carbocycles. The minimum Gasteiger partial charge on any atom is -0.489 e. The van der Waals surface area contributed by atoms with Crippen molar-refractivity contribution in [3.05, 3.63) is 47.7 Å². The van der Waals surface area contributed by atoms with Crippen LogP contribution in [0.15, 0.2) is 40.8 Å². The molecule has 0 saturated carbocycles. The van der Waals surface area contributed by atoms with Crippen LogP contribution in [0.4, 0.5) is 10.8 Å². The molecule has 3 N–H and O–H groups in total. The Morgan fingerprint density at radius 3 is 2.81 bits per heavy atom. The molecule has 1 amide bonds. The Bertz CT molecular complexity index is 1160. The number of benzene rings is 2. The van der Waals surface area contributed by atoms with Crippen molar-refractivity contribution in [1.82, 2.24) is 4.98 Å². The number of anilines is 2. The van der Waals surface area contributed by atoms with E-state index in [1.807, 2.05) is 39.0 Å². The second kappa shape index (κ2) is 6.59. The predicted octanol–water partition coefficient (Wildman–Crippen LogP) is 4.98. The lowest BCUT2D eigenvalue weighted by Gasteiger charge is -2.15. The number of primary amides is 1. The zero-order valence-electron chi connectivity index (χ0n) is 15.2. The highest BCUT2D eigenvalue weighted by atomic mass is 32.1. The summed E-state index contributed by atoms with van der Waals surface area (Å²) in [7, 11) is 0. The highest BCUT2D eigenvalue weighted by molar-refractivity contribution is 7.22. The van der Waals surface area contributed by atoms with E-state index in [2.05, 4.69) is 10.3 Å². The van der Waals surface area contributed by atoms with E-state index in [0.717, 1.165) is 26.9 Å². The van der Waals surface area contributed by atoms with Crippen molar-refractivity contribution in [2.45, 2.75) is 26.9 Å². The van der Waals surface area contributed by atoms with Gasteiger partial charge in [0.1, 0.15) is 17.0 Å². The molecule has 4 aromatic rings. The maximum Gasteiger partial charge on any atom is 0.248 e. The minimum absolute atomic E-state index is 0.00827. The van der Waals surface area contributed by atoms with Gasteiger partial charge in [-0.1, -0.05) is 11.3 Å². The van der Waals surface area contributed by atoms with Gasteiger partial charge in [0.25, 0.3) is 0 Å². The summed E-state index contributed by atoms with van der Waals surface area (Å²) in [6, 6.07) is 11.1. The van der Waals surface area contributed by atoms with E-state index in [1.54, 1.807) is 18.2 Å². The van der Waals surface area contributed by atoms with Crippen molar-refractivity contribution in [2.75, 3.05) is 5.32 Å². The molecule has 0 atom stereocenters. The van der Waals surface area contributed by atoms with Gasteiger partial charge >= 0.3 is 0 Å². The maximum absolute atomic E-state index is 11.6. The number of hydrogen-bond acceptors (Lipinski definition) is 6. The lowest BCUT2D eigenvalue weighted by molar-refractivity contribution is 0.100. The van der Waals surface area contributed by atoms with Crippen molar-refractivity contribution in [3.8, 4) is 5.75 Å². The fraction of sp³-hybridized carbons (Fsp3) is 0.200. The first-order valence-electron chi connectivity index (χ1n) is 8.58. The van der Waals surface area contributed by atoms with Crippen LogP contribution in [0.2, 0.25) is 0 Å². The predicted molar refractivity (Wildman–Crippen MR) is 108 cm³/mol. The van der Waals surface area contributed by atoms with Crippen molar-refractivity contribution in [2.24, 2.45) is 5.73 Å². The number of nitrogens with zero attached hydrogens (tertiary/aromatic N) is 1. The second-order valence-electron chi connectivity index (χ2n) is 6.57. The number of carbonyl (C=O) groups is 1. The highest BCUT2D eigenvalue weighted by Crippen LogP contribution is 2.36. The molecular formula is C20H19N3O3S. The summed E-state index contributed by atoms with van der Waals surface area (Å²) >= 11 is 1.50. The molecule has 0 aliphatic heterocycles. The SMILES string of the molecule is Cc1cc2ccc3sc(Nc4cc(C(N)=O)ccc4OC(C)C)nc3c2o1. The Morgan fingerprint density at radius 1 is 1.26 bits per heavy atom. The Balaban J connectivity index is 1.77. The van der Waals surface area contributed by atoms with Crippen molar-refractivity contribution in [1.29, 1.82) is 0 Å². The number of carbonyl (C=O) groups excluding carboxylic acids is 1. The maximum atomic E-state index is 11.6. The number of ether oxygens (including phenoxy) is 1. The molecule has 0 spiro atoms. The molecule has 0 bridgehead atoms. The number of hydrogen-bond donors (Lipinski definition) is 2. The smallest absolute Gasteiger partial charge is 0.248 e. The molecular weight excluding hydrogens is 362 g/mol. The number of furan rings is 1. The summed E-state index contributed by atoms with van der Waals surface area (Å²) < 4.78 is 12.7. The van der Waals surface area contributed by atoms with Crippen LogP contribution in [0.1, 0.15) is 30.0 Å². The number of thiazole rings is 1. The number of amides is 1. The average molecular weight is 381 g/mol. The molecule has 0 aliphatic carbocycles. The van der Waals surface area contributed by atoms with Gasteiger partial charge in [-0.25, -0.2) is 4.98 Å². The first-order valence-corrected chi connectivity index (χ1v) is 9.39. The Hall–Kier alpha value is -3.06. The van der Waals surface area contributed by atoms with E-state index in [4.69, 9.17) is 14.9 Å². The Labute approximate surface area is 159 Å². The molecule has 7 heteroatoms. The molecule has 2 aromatic heterocycles. The van der Waals surface area contributed by atoms with E-state index in [-0.39, 0.29) is 6.10 Å². The number of aromatic nitrogens is 1. The summed E-state index contributed by atoms with van der Waals surface area (Å²) in [6.07, 6.45) is -0.00827. The van der Waals surface area contributed by atoms with Crippen LogP contribution in [-0.4, -0.2) is 17.0 Å². The van der Waals surface area contributed by atoms with Gasteiger partial charge in [0, 0.05) is 10.9 Å². The van der Waals surface area contributed by atoms with Gasteiger partial charge in [-0.05, 0) is 57.2 Å². The molecule has 0 aliphatic rings. The standard InChI is InChI=1S/C20H19N3O3S/c1-10(2)25-15-6-4-13(19(21)24)9-14(15)22-20-23-17-16(27-20)7-5-12-8-11(3)26-18(12)17/h4-10H,1-3H3,(H2,21,24)(H,22,23). The number of fused-ring (bicyclic) bond motifs is 3. The molecule has 0 radical (unpaired) electrons. The van der Waals surface area contributed by atoms with E-state index in [0.29, 0.717) is 22.1 Å². The van der Waals surface area contributed by atoms with Gasteiger partial charge in [-0.3, -0.25) is 4.79 Å². The number of aryl methyl sites for hydroxylation is 1. The third-order valence-electron chi connectivity index (χ3n) is 4.04. The topological polar surface area (TPSA) is 90.4 Å². The highest BCUT2D eigenvalue weighted by Gasteiger charge is 2.14. The lowest BCUT2D eigenvalue weighted by Crippen LogP contribution is -2.12. The van der Waals surface area contributed by atoms with Gasteiger partial charge in [0.2, 0.25) is 5.91 Å². The van der Waals surface area contributed by atoms with Gasteiger partial charge < -0.3 is 20.2 Å². The Morgan fingerprint density at radius 2 is 2.07 bits per heavy atom. The fourth-order valence-corrected chi connectivity index (χ4v) is 3.80. The lowest BCUT2D eigenvalue weighted by atomic mass is 10.1. The fourth-order valence-electron chi connectivity index (χ4n) is 2.92. The van der Waals surface area contributed by atoms with Crippen LogP contribution in [-0.2, 0) is 0 Å². The molecule has 0 saturated heterocycles. The summed E-state index contributed by atoms with van der Waals surface area (Å²) in [5.41, 5.74) is 8.05. The van der Waals surface area contributed by atoms with E-state index in [1.165, 1.54) is 11.3 Å².